The predicted octanol–water partition coefficient (Wildman–Crippen LogP) is 2.89. The maximum Gasteiger partial charge on any atom is 0.227 e. The third-order valence-corrected chi connectivity index (χ3v) is 6.08. The fraction of sp³-hybridized carbons (Fsp3) is 0.500. The number of aromatic nitrogens is 2. The summed E-state index contributed by atoms with van der Waals surface area (Å²) in [7, 11) is 0. The molecule has 2 fully saturated rings. The standard InChI is InChI=1S/C24H33N7O/c1-2-25-23(30-13-15-31(16-14-30)24-26-11-6-12-27-24)28-18-19-7-5-10-21(17-19)29-22(32)20-8-3-4-9-20/h5-7,10-12,17,20H,2-4,8-9,13-16,18H2,1H3,(H,25,28)(H,29,32). The normalized spacial score (nSPS) is 17.5. The number of benzene rings is 1. The zero-order valence-corrected chi connectivity index (χ0v) is 18.8. The Hall–Kier alpha value is -3.16. The van der Waals surface area contributed by atoms with Crippen LogP contribution in [0.5, 0.6) is 0 Å². The Morgan fingerprint density at radius 1 is 1.09 bits per heavy atom. The first-order valence-corrected chi connectivity index (χ1v) is 11.7. The van der Waals surface area contributed by atoms with E-state index in [2.05, 4.69) is 43.4 Å². The summed E-state index contributed by atoms with van der Waals surface area (Å²) >= 11 is 0. The minimum Gasteiger partial charge on any atom is -0.357 e. The van der Waals surface area contributed by atoms with Crippen LogP contribution in [-0.2, 0) is 11.3 Å². The van der Waals surface area contributed by atoms with Gasteiger partial charge in [-0.15, -0.1) is 0 Å². The molecule has 0 unspecified atom stereocenters. The number of hydrogen-bond acceptors (Lipinski definition) is 5. The van der Waals surface area contributed by atoms with Gasteiger partial charge in [0.2, 0.25) is 11.9 Å². The molecular weight excluding hydrogens is 402 g/mol. The number of guanidine groups is 1. The lowest BCUT2D eigenvalue weighted by molar-refractivity contribution is -0.119. The second-order valence-electron chi connectivity index (χ2n) is 8.36. The Morgan fingerprint density at radius 2 is 1.84 bits per heavy atom. The van der Waals surface area contributed by atoms with E-state index in [4.69, 9.17) is 4.99 Å². The highest BCUT2D eigenvalue weighted by Crippen LogP contribution is 2.26. The van der Waals surface area contributed by atoms with Crippen LogP contribution >= 0.6 is 0 Å². The molecule has 1 amide bonds. The van der Waals surface area contributed by atoms with Crippen LogP contribution in [0.2, 0.25) is 0 Å². The van der Waals surface area contributed by atoms with Crippen molar-refractivity contribution in [3.8, 4) is 0 Å². The fourth-order valence-corrected chi connectivity index (χ4v) is 4.34. The lowest BCUT2D eigenvalue weighted by Crippen LogP contribution is -2.52. The molecule has 0 atom stereocenters. The van der Waals surface area contributed by atoms with Crippen molar-refractivity contribution < 1.29 is 4.79 Å². The molecule has 0 bridgehead atoms. The van der Waals surface area contributed by atoms with Gasteiger partial charge in [-0.2, -0.15) is 0 Å². The third-order valence-electron chi connectivity index (χ3n) is 6.08. The van der Waals surface area contributed by atoms with E-state index in [9.17, 15) is 4.79 Å². The minimum absolute atomic E-state index is 0.150. The van der Waals surface area contributed by atoms with Crippen LogP contribution in [0.15, 0.2) is 47.7 Å². The Morgan fingerprint density at radius 3 is 2.56 bits per heavy atom. The van der Waals surface area contributed by atoms with E-state index in [1.807, 2.05) is 24.3 Å². The smallest absolute Gasteiger partial charge is 0.227 e. The zero-order valence-electron chi connectivity index (χ0n) is 18.8. The van der Waals surface area contributed by atoms with E-state index < -0.39 is 0 Å². The molecule has 2 N–H and O–H groups in total. The summed E-state index contributed by atoms with van der Waals surface area (Å²) in [5.41, 5.74) is 1.94. The number of piperazine rings is 1. The highest BCUT2D eigenvalue weighted by Gasteiger charge is 2.23. The molecule has 8 heteroatoms. The maximum atomic E-state index is 12.4. The summed E-state index contributed by atoms with van der Waals surface area (Å²) in [6, 6.07) is 9.87. The minimum atomic E-state index is 0.150. The first-order valence-electron chi connectivity index (χ1n) is 11.7. The number of hydrogen-bond donors (Lipinski definition) is 2. The van der Waals surface area contributed by atoms with Crippen molar-refractivity contribution in [2.75, 3.05) is 42.9 Å². The second kappa shape index (κ2) is 10.9. The van der Waals surface area contributed by atoms with Gasteiger partial charge < -0.3 is 20.4 Å². The lowest BCUT2D eigenvalue weighted by atomic mass is 10.1. The van der Waals surface area contributed by atoms with E-state index >= 15 is 0 Å². The summed E-state index contributed by atoms with van der Waals surface area (Å²) in [5, 5.41) is 6.51. The van der Waals surface area contributed by atoms with Gasteiger partial charge in [0.15, 0.2) is 5.96 Å². The molecule has 1 aromatic carbocycles. The van der Waals surface area contributed by atoms with Gasteiger partial charge >= 0.3 is 0 Å². The van der Waals surface area contributed by atoms with E-state index in [0.29, 0.717) is 6.54 Å². The Labute approximate surface area is 190 Å². The van der Waals surface area contributed by atoms with Crippen molar-refractivity contribution in [1.29, 1.82) is 0 Å². The van der Waals surface area contributed by atoms with Crippen LogP contribution in [0.1, 0.15) is 38.2 Å². The Bertz CT molecular complexity index is 904. The van der Waals surface area contributed by atoms with Crippen LogP contribution in [0, 0.1) is 5.92 Å². The molecule has 4 rings (SSSR count). The van der Waals surface area contributed by atoms with Crippen molar-refractivity contribution in [2.45, 2.75) is 39.2 Å². The topological polar surface area (TPSA) is 85.8 Å². The second-order valence-corrected chi connectivity index (χ2v) is 8.36. The summed E-state index contributed by atoms with van der Waals surface area (Å²) in [6.45, 7) is 6.91. The molecule has 32 heavy (non-hydrogen) atoms. The van der Waals surface area contributed by atoms with Crippen molar-refractivity contribution in [3.63, 3.8) is 0 Å². The molecule has 1 aromatic heterocycles. The van der Waals surface area contributed by atoms with Gasteiger partial charge in [0.25, 0.3) is 0 Å². The van der Waals surface area contributed by atoms with Crippen LogP contribution in [-0.4, -0.2) is 59.5 Å². The van der Waals surface area contributed by atoms with E-state index in [0.717, 1.165) is 81.6 Å². The van der Waals surface area contributed by atoms with E-state index in [1.54, 1.807) is 12.4 Å². The Balaban J connectivity index is 1.35. The van der Waals surface area contributed by atoms with E-state index in [1.165, 1.54) is 0 Å². The summed E-state index contributed by atoms with van der Waals surface area (Å²) in [4.78, 5) is 30.5. The van der Waals surface area contributed by atoms with Crippen LogP contribution in [0.4, 0.5) is 11.6 Å². The third kappa shape index (κ3) is 5.75. The lowest BCUT2D eigenvalue weighted by Gasteiger charge is -2.36. The van der Waals surface area contributed by atoms with Crippen molar-refractivity contribution >= 4 is 23.5 Å². The first kappa shape index (κ1) is 22.0. The number of amides is 1. The molecule has 2 aliphatic rings. The fourth-order valence-electron chi connectivity index (χ4n) is 4.34. The summed E-state index contributed by atoms with van der Waals surface area (Å²) < 4.78 is 0. The highest BCUT2D eigenvalue weighted by molar-refractivity contribution is 5.92. The number of carbonyl (C=O) groups is 1. The quantitative estimate of drug-likeness (QED) is 0.536. The van der Waals surface area contributed by atoms with Gasteiger partial charge in [-0.05, 0) is 43.5 Å². The van der Waals surface area contributed by atoms with Crippen LogP contribution in [0.25, 0.3) is 0 Å². The molecule has 170 valence electrons. The SMILES string of the molecule is CCNC(=NCc1cccc(NC(=O)C2CCCC2)c1)N1CCN(c2ncccn2)CC1. The number of nitrogens with zero attached hydrogens (tertiary/aromatic N) is 5. The molecule has 2 heterocycles. The molecule has 0 radical (unpaired) electrons. The maximum absolute atomic E-state index is 12.4. The number of rotatable bonds is 6. The zero-order chi connectivity index (χ0) is 22.2. The van der Waals surface area contributed by atoms with Gasteiger partial charge in [0.05, 0.1) is 6.54 Å². The average Bonchev–Trinajstić information content (AvgIpc) is 3.38. The predicted molar refractivity (Wildman–Crippen MR) is 128 cm³/mol. The van der Waals surface area contributed by atoms with Gasteiger partial charge in [0, 0.05) is 56.7 Å². The number of carbonyl (C=O) groups excluding carboxylic acids is 1. The monoisotopic (exact) mass is 435 g/mol. The first-order chi connectivity index (χ1) is 15.7. The number of anilines is 2. The summed E-state index contributed by atoms with van der Waals surface area (Å²) in [6.07, 6.45) is 7.89. The molecule has 1 aliphatic heterocycles. The van der Waals surface area contributed by atoms with Gasteiger partial charge in [-0.25, -0.2) is 15.0 Å². The highest BCUT2D eigenvalue weighted by atomic mass is 16.1. The molecule has 0 spiro atoms. The molecule has 1 saturated heterocycles. The van der Waals surface area contributed by atoms with Crippen molar-refractivity contribution in [2.24, 2.45) is 10.9 Å². The number of aliphatic imine (C=N–C) groups is 1. The average molecular weight is 436 g/mol. The molecular formula is C24H33N7O. The van der Waals surface area contributed by atoms with Crippen LogP contribution in [0.3, 0.4) is 0 Å². The molecule has 2 aromatic rings. The van der Waals surface area contributed by atoms with Crippen LogP contribution < -0.4 is 15.5 Å². The molecule has 8 nitrogen and oxygen atoms in total. The van der Waals surface area contributed by atoms with Gasteiger partial charge in [-0.3, -0.25) is 4.79 Å². The van der Waals surface area contributed by atoms with Crippen molar-refractivity contribution in [3.05, 3.63) is 48.3 Å². The molecule has 1 aliphatic carbocycles. The number of nitrogens with one attached hydrogen (secondary N) is 2. The largest absolute Gasteiger partial charge is 0.357 e. The van der Waals surface area contributed by atoms with Gasteiger partial charge in [0.1, 0.15) is 0 Å². The summed E-state index contributed by atoms with van der Waals surface area (Å²) in [5.74, 6) is 2.01. The molecule has 1 saturated carbocycles. The van der Waals surface area contributed by atoms with E-state index in [-0.39, 0.29) is 11.8 Å². The van der Waals surface area contributed by atoms with Crippen molar-refractivity contribution in [1.82, 2.24) is 20.2 Å². The Kier molecular flexibility index (Phi) is 7.53. The van der Waals surface area contributed by atoms with Gasteiger partial charge in [-0.1, -0.05) is 25.0 Å².